The summed E-state index contributed by atoms with van der Waals surface area (Å²) in [4.78, 5) is 8.57. The number of nitrogens with one attached hydrogen (secondary N) is 1. The van der Waals surface area contributed by atoms with Crippen LogP contribution in [0, 0.1) is 0 Å². The Kier molecular flexibility index (Phi) is 3.23. The van der Waals surface area contributed by atoms with E-state index in [0.29, 0.717) is 5.25 Å². The van der Waals surface area contributed by atoms with Crippen molar-refractivity contribution < 1.29 is 0 Å². The number of hydrogen-bond donors (Lipinski definition) is 2. The molecule has 1 aliphatic rings. The van der Waals surface area contributed by atoms with Crippen LogP contribution in [0.15, 0.2) is 24.5 Å². The van der Waals surface area contributed by atoms with E-state index in [4.69, 9.17) is 5.73 Å². The molecule has 0 spiro atoms. The fourth-order valence-electron chi connectivity index (χ4n) is 2.23. The van der Waals surface area contributed by atoms with Gasteiger partial charge >= 0.3 is 0 Å². The van der Waals surface area contributed by atoms with Crippen LogP contribution in [0.5, 0.6) is 0 Å². The third-order valence-corrected chi connectivity index (χ3v) is 4.58. The minimum Gasteiger partial charge on any atom is -0.399 e. The summed E-state index contributed by atoms with van der Waals surface area (Å²) in [6.45, 7) is 0.964. The van der Waals surface area contributed by atoms with Crippen molar-refractivity contribution in [3.05, 3.63) is 24.5 Å². The molecule has 1 aromatic carbocycles. The lowest BCUT2D eigenvalue weighted by molar-refractivity contribution is 0.804. The van der Waals surface area contributed by atoms with Crippen LogP contribution in [-0.4, -0.2) is 27.5 Å². The third kappa shape index (κ3) is 2.36. The van der Waals surface area contributed by atoms with Crippen LogP contribution in [0.3, 0.4) is 0 Å². The lowest BCUT2D eigenvalue weighted by Gasteiger charge is -2.12. The van der Waals surface area contributed by atoms with E-state index in [9.17, 15) is 0 Å². The fourth-order valence-corrected chi connectivity index (χ4v) is 3.43. The molecule has 0 amide bonds. The molecule has 1 saturated heterocycles. The molecular formula is C13H16N4S. The van der Waals surface area contributed by atoms with E-state index in [1.54, 1.807) is 6.33 Å². The Hall–Kier alpha value is -1.49. The Morgan fingerprint density at radius 2 is 2.33 bits per heavy atom. The molecule has 0 radical (unpaired) electrons. The molecule has 18 heavy (non-hydrogen) atoms. The van der Waals surface area contributed by atoms with Gasteiger partial charge in [0.1, 0.15) is 12.1 Å². The van der Waals surface area contributed by atoms with Gasteiger partial charge in [-0.2, -0.15) is 11.8 Å². The second-order valence-electron chi connectivity index (χ2n) is 4.51. The van der Waals surface area contributed by atoms with Crippen molar-refractivity contribution in [2.45, 2.75) is 18.1 Å². The zero-order valence-electron chi connectivity index (χ0n) is 10.1. The second kappa shape index (κ2) is 5.02. The van der Waals surface area contributed by atoms with Gasteiger partial charge in [0.05, 0.1) is 5.52 Å². The number of aromatic nitrogens is 2. The smallest absolute Gasteiger partial charge is 0.137 e. The molecule has 1 aromatic heterocycles. The third-order valence-electron chi connectivity index (χ3n) is 3.18. The summed E-state index contributed by atoms with van der Waals surface area (Å²) < 4.78 is 0. The van der Waals surface area contributed by atoms with E-state index in [1.807, 2.05) is 30.0 Å². The highest BCUT2D eigenvalue weighted by atomic mass is 32.2. The highest BCUT2D eigenvalue weighted by Crippen LogP contribution is 2.27. The van der Waals surface area contributed by atoms with Gasteiger partial charge in [-0.3, -0.25) is 0 Å². The summed E-state index contributed by atoms with van der Waals surface area (Å²) >= 11 is 2.04. The maximum absolute atomic E-state index is 5.82. The minimum atomic E-state index is 0.705. The molecule has 3 rings (SSSR count). The van der Waals surface area contributed by atoms with Crippen LogP contribution < -0.4 is 11.1 Å². The summed E-state index contributed by atoms with van der Waals surface area (Å²) in [6, 6.07) is 5.73. The molecular weight excluding hydrogens is 244 g/mol. The van der Waals surface area contributed by atoms with Crippen molar-refractivity contribution in [1.82, 2.24) is 9.97 Å². The molecule has 94 valence electrons. The van der Waals surface area contributed by atoms with Gasteiger partial charge in [0.2, 0.25) is 0 Å². The van der Waals surface area contributed by atoms with Gasteiger partial charge in [-0.05, 0) is 36.8 Å². The van der Waals surface area contributed by atoms with Gasteiger partial charge in [-0.1, -0.05) is 0 Å². The van der Waals surface area contributed by atoms with Crippen LogP contribution in [0.2, 0.25) is 0 Å². The summed E-state index contributed by atoms with van der Waals surface area (Å²) in [7, 11) is 0. The van der Waals surface area contributed by atoms with Crippen molar-refractivity contribution in [1.29, 1.82) is 0 Å². The van der Waals surface area contributed by atoms with Crippen LogP contribution in [0.1, 0.15) is 12.8 Å². The standard InChI is InChI=1S/C13H16N4S/c14-9-3-4-12-11(6-9)13(17-8-16-12)15-7-10-2-1-5-18-10/h3-4,6,8,10H,1-2,5,7,14H2,(H,15,16,17). The van der Waals surface area contributed by atoms with Crippen LogP contribution in [0.4, 0.5) is 11.5 Å². The number of nitrogen functional groups attached to an aromatic ring is 1. The molecule has 1 aliphatic heterocycles. The first kappa shape index (κ1) is 11.6. The molecule has 5 heteroatoms. The first-order valence-electron chi connectivity index (χ1n) is 6.18. The largest absolute Gasteiger partial charge is 0.399 e. The first-order chi connectivity index (χ1) is 8.83. The van der Waals surface area contributed by atoms with Gasteiger partial charge < -0.3 is 11.1 Å². The average molecular weight is 260 g/mol. The van der Waals surface area contributed by atoms with Crippen molar-refractivity contribution in [2.24, 2.45) is 0 Å². The molecule has 0 aliphatic carbocycles. The Balaban J connectivity index is 1.84. The van der Waals surface area contributed by atoms with Crippen LogP contribution >= 0.6 is 11.8 Å². The number of rotatable bonds is 3. The highest BCUT2D eigenvalue weighted by molar-refractivity contribution is 8.00. The SMILES string of the molecule is Nc1ccc2ncnc(NCC3CCCS3)c2c1. The number of thioether (sulfide) groups is 1. The van der Waals surface area contributed by atoms with Crippen molar-refractivity contribution in [2.75, 3.05) is 23.3 Å². The van der Waals surface area contributed by atoms with E-state index in [1.165, 1.54) is 18.6 Å². The first-order valence-corrected chi connectivity index (χ1v) is 7.23. The summed E-state index contributed by atoms with van der Waals surface area (Å²) in [5.74, 6) is 2.17. The van der Waals surface area contributed by atoms with Gasteiger partial charge in [-0.15, -0.1) is 0 Å². The molecule has 3 N–H and O–H groups in total. The fraction of sp³-hybridized carbons (Fsp3) is 0.385. The predicted octanol–water partition coefficient (Wildman–Crippen LogP) is 2.52. The van der Waals surface area contributed by atoms with Crippen molar-refractivity contribution >= 4 is 34.2 Å². The number of hydrogen-bond acceptors (Lipinski definition) is 5. The second-order valence-corrected chi connectivity index (χ2v) is 5.92. The number of benzene rings is 1. The lowest BCUT2D eigenvalue weighted by Crippen LogP contribution is -2.14. The number of nitrogens with zero attached hydrogens (tertiary/aromatic N) is 2. The summed E-state index contributed by atoms with van der Waals surface area (Å²) in [6.07, 6.45) is 4.22. The average Bonchev–Trinajstić information content (AvgIpc) is 2.89. The summed E-state index contributed by atoms with van der Waals surface area (Å²) in [5, 5.41) is 5.13. The lowest BCUT2D eigenvalue weighted by atomic mass is 10.2. The normalized spacial score (nSPS) is 19.2. The molecule has 0 bridgehead atoms. The number of anilines is 2. The summed E-state index contributed by atoms with van der Waals surface area (Å²) in [5.41, 5.74) is 7.50. The molecule has 2 heterocycles. The predicted molar refractivity (Wildman–Crippen MR) is 77.9 cm³/mol. The van der Waals surface area contributed by atoms with E-state index < -0.39 is 0 Å². The number of fused-ring (bicyclic) bond motifs is 1. The maximum atomic E-state index is 5.82. The van der Waals surface area contributed by atoms with Gasteiger partial charge in [0.15, 0.2) is 0 Å². The number of nitrogens with two attached hydrogens (primary N) is 1. The quantitative estimate of drug-likeness (QED) is 0.830. The van der Waals surface area contributed by atoms with E-state index >= 15 is 0 Å². The van der Waals surface area contributed by atoms with E-state index in [2.05, 4.69) is 15.3 Å². The zero-order valence-corrected chi connectivity index (χ0v) is 10.9. The Morgan fingerprint density at radius 3 is 3.17 bits per heavy atom. The zero-order chi connectivity index (χ0) is 12.4. The molecule has 4 nitrogen and oxygen atoms in total. The Labute approximate surface area is 110 Å². The van der Waals surface area contributed by atoms with Gasteiger partial charge in [0.25, 0.3) is 0 Å². The van der Waals surface area contributed by atoms with Gasteiger partial charge in [-0.25, -0.2) is 9.97 Å². The van der Waals surface area contributed by atoms with E-state index in [0.717, 1.165) is 29.0 Å². The van der Waals surface area contributed by atoms with Crippen LogP contribution in [-0.2, 0) is 0 Å². The monoisotopic (exact) mass is 260 g/mol. The Bertz CT molecular complexity index is 552. The van der Waals surface area contributed by atoms with Crippen LogP contribution in [0.25, 0.3) is 10.9 Å². The molecule has 1 unspecified atom stereocenters. The van der Waals surface area contributed by atoms with Crippen molar-refractivity contribution in [3.8, 4) is 0 Å². The topological polar surface area (TPSA) is 63.8 Å². The Morgan fingerprint density at radius 1 is 1.39 bits per heavy atom. The molecule has 2 aromatic rings. The highest BCUT2D eigenvalue weighted by Gasteiger charge is 2.15. The molecule has 1 atom stereocenters. The molecule has 0 saturated carbocycles. The minimum absolute atomic E-state index is 0.705. The molecule has 1 fully saturated rings. The van der Waals surface area contributed by atoms with Crippen molar-refractivity contribution in [3.63, 3.8) is 0 Å². The van der Waals surface area contributed by atoms with E-state index in [-0.39, 0.29) is 0 Å². The maximum Gasteiger partial charge on any atom is 0.137 e. The van der Waals surface area contributed by atoms with Gasteiger partial charge in [0, 0.05) is 22.9 Å².